The van der Waals surface area contributed by atoms with Crippen LogP contribution in [0.25, 0.3) is 0 Å². The second-order valence-electron chi connectivity index (χ2n) is 6.19. The zero-order valence-corrected chi connectivity index (χ0v) is 14.3. The number of hydrogen-bond donors (Lipinski definition) is 2. The third-order valence-electron chi connectivity index (χ3n) is 4.31. The molecule has 1 heterocycles. The van der Waals surface area contributed by atoms with Gasteiger partial charge in [0.15, 0.2) is 0 Å². The van der Waals surface area contributed by atoms with E-state index in [1.165, 1.54) is 11.3 Å². The van der Waals surface area contributed by atoms with Crippen LogP contribution in [0.4, 0.5) is 0 Å². The Balaban J connectivity index is 1.90. The lowest BCUT2D eigenvalue weighted by Gasteiger charge is -2.33. The van der Waals surface area contributed by atoms with Gasteiger partial charge in [-0.15, -0.1) is 11.3 Å². The van der Waals surface area contributed by atoms with Gasteiger partial charge in [0, 0.05) is 31.0 Å². The van der Waals surface area contributed by atoms with E-state index in [4.69, 9.17) is 4.74 Å². The fourth-order valence-corrected chi connectivity index (χ4v) is 4.06. The molecule has 0 spiro atoms. The van der Waals surface area contributed by atoms with E-state index in [-0.39, 0.29) is 6.04 Å². The van der Waals surface area contributed by atoms with Crippen molar-refractivity contribution in [1.82, 2.24) is 10.3 Å². The molecule has 0 saturated heterocycles. The molecule has 4 nitrogen and oxygen atoms in total. The summed E-state index contributed by atoms with van der Waals surface area (Å²) in [7, 11) is 1.72. The number of aromatic nitrogens is 1. The van der Waals surface area contributed by atoms with Crippen molar-refractivity contribution in [2.75, 3.05) is 20.3 Å². The molecule has 1 saturated carbocycles. The highest BCUT2D eigenvalue weighted by Gasteiger charge is 2.29. The number of rotatable bonds is 7. The fraction of sp³-hybridized carbons (Fsp3) is 0.812. The number of nitrogens with one attached hydrogen (secondary N) is 1. The highest BCUT2D eigenvalue weighted by atomic mass is 32.1. The molecule has 21 heavy (non-hydrogen) atoms. The standard InChI is InChI=1S/C16H28N2O2S/c1-12(17-11-16(19)8-5-4-6-9-16)15-13(2)18-14(21-15)7-10-20-3/h12,17,19H,4-11H2,1-3H3. The molecule has 0 radical (unpaired) electrons. The Morgan fingerprint density at radius 2 is 2.10 bits per heavy atom. The Morgan fingerprint density at radius 1 is 1.38 bits per heavy atom. The van der Waals surface area contributed by atoms with Crippen molar-refractivity contribution in [2.45, 2.75) is 64.0 Å². The maximum atomic E-state index is 10.6. The van der Waals surface area contributed by atoms with E-state index in [9.17, 15) is 5.11 Å². The minimum absolute atomic E-state index is 0.241. The molecular formula is C16H28N2O2S. The number of methoxy groups -OCH3 is 1. The Hall–Kier alpha value is -0.490. The van der Waals surface area contributed by atoms with Crippen molar-refractivity contribution in [1.29, 1.82) is 0 Å². The van der Waals surface area contributed by atoms with Crippen LogP contribution in [0.3, 0.4) is 0 Å². The Kier molecular flexibility index (Phi) is 6.17. The van der Waals surface area contributed by atoms with Crippen molar-refractivity contribution >= 4 is 11.3 Å². The third-order valence-corrected chi connectivity index (χ3v) is 5.71. The van der Waals surface area contributed by atoms with Gasteiger partial charge in [-0.2, -0.15) is 0 Å². The van der Waals surface area contributed by atoms with Gasteiger partial charge in [-0.25, -0.2) is 4.98 Å². The Bertz CT molecular complexity index is 441. The van der Waals surface area contributed by atoms with E-state index >= 15 is 0 Å². The SMILES string of the molecule is COCCc1nc(C)c(C(C)NCC2(O)CCCCC2)s1. The number of nitrogens with zero attached hydrogens (tertiary/aromatic N) is 1. The molecule has 1 unspecified atom stereocenters. The van der Waals surface area contributed by atoms with E-state index in [1.54, 1.807) is 18.4 Å². The minimum Gasteiger partial charge on any atom is -0.389 e. The van der Waals surface area contributed by atoms with Crippen LogP contribution in [0.15, 0.2) is 0 Å². The normalized spacial score (nSPS) is 19.6. The lowest BCUT2D eigenvalue weighted by molar-refractivity contribution is 0.00305. The molecule has 1 aliphatic carbocycles. The van der Waals surface area contributed by atoms with Crippen molar-refractivity contribution in [3.05, 3.63) is 15.6 Å². The molecule has 5 heteroatoms. The summed E-state index contributed by atoms with van der Waals surface area (Å²) in [5.74, 6) is 0. The number of hydrogen-bond acceptors (Lipinski definition) is 5. The molecule has 0 bridgehead atoms. The Morgan fingerprint density at radius 3 is 2.76 bits per heavy atom. The summed E-state index contributed by atoms with van der Waals surface area (Å²) >= 11 is 1.76. The van der Waals surface area contributed by atoms with Crippen LogP contribution in [-0.2, 0) is 11.2 Å². The molecule has 0 aliphatic heterocycles. The van der Waals surface area contributed by atoms with E-state index in [0.717, 1.165) is 42.8 Å². The summed E-state index contributed by atoms with van der Waals surface area (Å²) in [5, 5.41) is 15.2. The minimum atomic E-state index is -0.510. The first kappa shape index (κ1) is 16.9. The number of aryl methyl sites for hydroxylation is 1. The van der Waals surface area contributed by atoms with E-state index in [2.05, 4.69) is 24.1 Å². The van der Waals surface area contributed by atoms with Crippen molar-refractivity contribution in [2.24, 2.45) is 0 Å². The van der Waals surface area contributed by atoms with Gasteiger partial charge in [0.1, 0.15) is 0 Å². The van der Waals surface area contributed by atoms with E-state index < -0.39 is 5.60 Å². The molecule has 1 aliphatic rings. The smallest absolute Gasteiger partial charge is 0.0954 e. The maximum absolute atomic E-state index is 10.6. The van der Waals surface area contributed by atoms with Gasteiger partial charge >= 0.3 is 0 Å². The highest BCUT2D eigenvalue weighted by molar-refractivity contribution is 7.11. The van der Waals surface area contributed by atoms with Gasteiger partial charge in [-0.3, -0.25) is 0 Å². The van der Waals surface area contributed by atoms with Gasteiger partial charge in [-0.1, -0.05) is 19.3 Å². The van der Waals surface area contributed by atoms with Crippen LogP contribution >= 0.6 is 11.3 Å². The zero-order valence-electron chi connectivity index (χ0n) is 13.4. The largest absolute Gasteiger partial charge is 0.389 e. The summed E-state index contributed by atoms with van der Waals surface area (Å²) < 4.78 is 5.11. The quantitative estimate of drug-likeness (QED) is 0.813. The summed E-state index contributed by atoms with van der Waals surface area (Å²) in [6.07, 6.45) is 6.27. The van der Waals surface area contributed by atoms with Crippen LogP contribution in [0.1, 0.15) is 60.6 Å². The lowest BCUT2D eigenvalue weighted by Crippen LogP contribution is -2.42. The molecule has 2 N–H and O–H groups in total. The number of ether oxygens (including phenoxy) is 1. The van der Waals surface area contributed by atoms with Crippen molar-refractivity contribution in [3.8, 4) is 0 Å². The summed E-state index contributed by atoms with van der Waals surface area (Å²) in [6.45, 7) is 5.62. The van der Waals surface area contributed by atoms with Gasteiger partial charge in [0.25, 0.3) is 0 Å². The first-order valence-electron chi connectivity index (χ1n) is 7.95. The van der Waals surface area contributed by atoms with Gasteiger partial charge in [0.2, 0.25) is 0 Å². The average molecular weight is 312 g/mol. The second-order valence-corrected chi connectivity index (χ2v) is 7.30. The van der Waals surface area contributed by atoms with Gasteiger partial charge in [-0.05, 0) is 26.7 Å². The highest BCUT2D eigenvalue weighted by Crippen LogP contribution is 2.29. The molecular weight excluding hydrogens is 284 g/mol. The summed E-state index contributed by atoms with van der Waals surface area (Å²) in [4.78, 5) is 5.90. The second kappa shape index (κ2) is 7.68. The van der Waals surface area contributed by atoms with Crippen LogP contribution in [0, 0.1) is 6.92 Å². The van der Waals surface area contributed by atoms with Crippen molar-refractivity contribution < 1.29 is 9.84 Å². The maximum Gasteiger partial charge on any atom is 0.0954 e. The first-order valence-corrected chi connectivity index (χ1v) is 8.76. The van der Waals surface area contributed by atoms with Crippen LogP contribution < -0.4 is 5.32 Å². The first-order chi connectivity index (χ1) is 10.0. The van der Waals surface area contributed by atoms with Crippen LogP contribution in [0.5, 0.6) is 0 Å². The van der Waals surface area contributed by atoms with Gasteiger partial charge in [0.05, 0.1) is 22.9 Å². The van der Waals surface area contributed by atoms with Crippen LogP contribution in [0.2, 0.25) is 0 Å². The molecule has 1 atom stereocenters. The predicted octanol–water partition coefficient (Wildman–Crippen LogP) is 2.99. The number of aliphatic hydroxyl groups is 1. The lowest BCUT2D eigenvalue weighted by atomic mass is 9.85. The molecule has 1 aromatic heterocycles. The Labute approximate surface area is 131 Å². The zero-order chi connectivity index (χ0) is 15.3. The fourth-order valence-electron chi connectivity index (χ4n) is 2.99. The molecule has 2 rings (SSSR count). The predicted molar refractivity (Wildman–Crippen MR) is 86.9 cm³/mol. The third kappa shape index (κ3) is 4.74. The molecule has 0 amide bonds. The summed E-state index contributed by atoms with van der Waals surface area (Å²) in [5.41, 5.74) is 0.589. The molecule has 120 valence electrons. The summed E-state index contributed by atoms with van der Waals surface area (Å²) in [6, 6.07) is 0.241. The van der Waals surface area contributed by atoms with Crippen LogP contribution in [-0.4, -0.2) is 36.0 Å². The van der Waals surface area contributed by atoms with Crippen molar-refractivity contribution in [3.63, 3.8) is 0 Å². The molecule has 1 fully saturated rings. The molecule has 1 aromatic rings. The monoisotopic (exact) mass is 312 g/mol. The van der Waals surface area contributed by atoms with E-state index in [1.807, 2.05) is 0 Å². The topological polar surface area (TPSA) is 54.4 Å². The molecule has 0 aromatic carbocycles. The average Bonchev–Trinajstić information content (AvgIpc) is 2.84. The van der Waals surface area contributed by atoms with Gasteiger partial charge < -0.3 is 15.2 Å². The number of thiazole rings is 1. The van der Waals surface area contributed by atoms with E-state index in [0.29, 0.717) is 13.2 Å².